The van der Waals surface area contributed by atoms with E-state index in [1.807, 2.05) is 6.07 Å². The predicted octanol–water partition coefficient (Wildman–Crippen LogP) is 10.7. The summed E-state index contributed by atoms with van der Waals surface area (Å²) in [6.07, 6.45) is 0. The molecule has 7 aromatic carbocycles. The van der Waals surface area contributed by atoms with Crippen LogP contribution < -0.4 is 0 Å². The van der Waals surface area contributed by atoms with Gasteiger partial charge in [-0.3, -0.25) is 0 Å². The minimum atomic E-state index is 0.882. The van der Waals surface area contributed by atoms with E-state index >= 15 is 0 Å². The van der Waals surface area contributed by atoms with E-state index in [0.717, 1.165) is 33.5 Å². The van der Waals surface area contributed by atoms with Gasteiger partial charge in [-0.15, -0.1) is 0 Å². The first kappa shape index (κ1) is 21.6. The lowest BCUT2D eigenvalue weighted by Crippen LogP contribution is -1.95. The largest absolute Gasteiger partial charge is 0.454 e. The van der Waals surface area contributed by atoms with Crippen LogP contribution in [0, 0.1) is 0 Å². The molecule has 0 aliphatic rings. The zero-order chi connectivity index (χ0) is 26.2. The SMILES string of the molecule is c1ccc(-c2cc3c4ccccc4c4c5c6ccccc6c6ccccc6c5n(-c5ccccc5)c4c3o2)cc1. The second-order valence-corrected chi connectivity index (χ2v) is 10.5. The van der Waals surface area contributed by atoms with Gasteiger partial charge in [-0.1, -0.05) is 121 Å². The Bertz CT molecular complexity index is 2410. The molecular weight excluding hydrogens is 486 g/mol. The number of nitrogens with zero attached hydrogens (tertiary/aromatic N) is 1. The molecule has 0 fully saturated rings. The van der Waals surface area contributed by atoms with Crippen molar-refractivity contribution in [3.8, 4) is 17.0 Å². The summed E-state index contributed by atoms with van der Waals surface area (Å²) < 4.78 is 9.31. The van der Waals surface area contributed by atoms with Crippen molar-refractivity contribution >= 4 is 65.1 Å². The number of hydrogen-bond acceptors (Lipinski definition) is 1. The zero-order valence-corrected chi connectivity index (χ0v) is 21.6. The molecule has 2 heterocycles. The normalized spacial score (nSPS) is 12.0. The molecule has 0 amide bonds. The lowest BCUT2D eigenvalue weighted by molar-refractivity contribution is 0.634. The van der Waals surface area contributed by atoms with Crippen molar-refractivity contribution < 1.29 is 4.42 Å². The van der Waals surface area contributed by atoms with Crippen LogP contribution in [0.15, 0.2) is 144 Å². The van der Waals surface area contributed by atoms with Gasteiger partial charge < -0.3 is 8.98 Å². The average Bonchev–Trinajstić information content (AvgIpc) is 3.63. The Labute approximate surface area is 230 Å². The van der Waals surface area contributed by atoms with Gasteiger partial charge in [0.15, 0.2) is 5.58 Å². The summed E-state index contributed by atoms with van der Waals surface area (Å²) in [7, 11) is 0. The van der Waals surface area contributed by atoms with Crippen LogP contribution in [0.5, 0.6) is 0 Å². The molecule has 2 nitrogen and oxygen atoms in total. The van der Waals surface area contributed by atoms with E-state index in [1.165, 1.54) is 48.6 Å². The summed E-state index contributed by atoms with van der Waals surface area (Å²) in [6.45, 7) is 0. The first-order chi connectivity index (χ1) is 19.9. The molecule has 186 valence electrons. The van der Waals surface area contributed by atoms with Crippen LogP contribution in [0.1, 0.15) is 0 Å². The molecule has 0 aliphatic carbocycles. The van der Waals surface area contributed by atoms with Gasteiger partial charge in [0.2, 0.25) is 0 Å². The van der Waals surface area contributed by atoms with Gasteiger partial charge in [0.05, 0.1) is 11.0 Å². The van der Waals surface area contributed by atoms with Crippen molar-refractivity contribution in [2.45, 2.75) is 0 Å². The molecule has 0 atom stereocenters. The molecule has 0 unspecified atom stereocenters. The zero-order valence-electron chi connectivity index (χ0n) is 21.6. The molecule has 2 heteroatoms. The number of hydrogen-bond donors (Lipinski definition) is 0. The summed E-state index contributed by atoms with van der Waals surface area (Å²) in [5.74, 6) is 0.882. The highest BCUT2D eigenvalue weighted by Crippen LogP contribution is 2.48. The Morgan fingerprint density at radius 2 is 0.875 bits per heavy atom. The topological polar surface area (TPSA) is 18.1 Å². The van der Waals surface area contributed by atoms with Crippen LogP contribution in [0.3, 0.4) is 0 Å². The summed E-state index contributed by atoms with van der Waals surface area (Å²) in [5, 5.41) is 11.1. The van der Waals surface area contributed by atoms with Gasteiger partial charge in [0, 0.05) is 32.8 Å². The summed E-state index contributed by atoms with van der Waals surface area (Å²) in [4.78, 5) is 0. The Kier molecular flexibility index (Phi) is 4.36. The van der Waals surface area contributed by atoms with E-state index in [2.05, 4.69) is 138 Å². The van der Waals surface area contributed by atoms with Crippen molar-refractivity contribution in [1.29, 1.82) is 0 Å². The maximum atomic E-state index is 6.87. The highest BCUT2D eigenvalue weighted by atomic mass is 16.3. The second kappa shape index (κ2) is 8.08. The fourth-order valence-electron chi connectivity index (χ4n) is 6.71. The standard InChI is InChI=1S/C38H23NO/c1-3-13-24(14-4-1)33-23-32-28-19-8-11-21-30(28)35-34-29-20-10-7-17-26(29)27-18-9-12-22-31(27)36(34)39(37(35)38(32)40-33)25-15-5-2-6-16-25/h1-23H. The minimum absolute atomic E-state index is 0.882. The van der Waals surface area contributed by atoms with Gasteiger partial charge in [-0.25, -0.2) is 0 Å². The summed E-state index contributed by atoms with van der Waals surface area (Å²) >= 11 is 0. The lowest BCUT2D eigenvalue weighted by atomic mass is 9.94. The number of aromatic nitrogens is 1. The van der Waals surface area contributed by atoms with E-state index in [4.69, 9.17) is 4.42 Å². The first-order valence-electron chi connectivity index (χ1n) is 13.7. The van der Waals surface area contributed by atoms with E-state index in [0.29, 0.717) is 0 Å². The number of furan rings is 1. The van der Waals surface area contributed by atoms with Crippen molar-refractivity contribution in [2.24, 2.45) is 0 Å². The van der Waals surface area contributed by atoms with Crippen molar-refractivity contribution in [3.63, 3.8) is 0 Å². The first-order valence-corrected chi connectivity index (χ1v) is 13.7. The lowest BCUT2D eigenvalue weighted by Gasteiger charge is -2.12. The summed E-state index contributed by atoms with van der Waals surface area (Å²) in [6, 6.07) is 49.8. The number of fused-ring (bicyclic) bond motifs is 13. The molecule has 0 aliphatic heterocycles. The number of para-hydroxylation sites is 1. The van der Waals surface area contributed by atoms with E-state index < -0.39 is 0 Å². The molecule has 40 heavy (non-hydrogen) atoms. The van der Waals surface area contributed by atoms with Gasteiger partial charge in [-0.05, 0) is 45.1 Å². The fraction of sp³-hybridized carbons (Fsp3) is 0. The molecule has 9 rings (SSSR count). The Balaban J connectivity index is 1.65. The molecule has 9 aromatic rings. The third-order valence-electron chi connectivity index (χ3n) is 8.35. The Morgan fingerprint density at radius 1 is 0.400 bits per heavy atom. The molecule has 2 aromatic heterocycles. The third-order valence-corrected chi connectivity index (χ3v) is 8.35. The highest BCUT2D eigenvalue weighted by molar-refractivity contribution is 6.39. The highest BCUT2D eigenvalue weighted by Gasteiger charge is 2.25. The predicted molar refractivity (Wildman–Crippen MR) is 169 cm³/mol. The van der Waals surface area contributed by atoms with Gasteiger partial charge in [0.25, 0.3) is 0 Å². The molecular formula is C38H23NO. The van der Waals surface area contributed by atoms with Crippen molar-refractivity contribution in [1.82, 2.24) is 4.57 Å². The molecule has 0 saturated carbocycles. The van der Waals surface area contributed by atoms with Crippen LogP contribution in [-0.2, 0) is 0 Å². The van der Waals surface area contributed by atoms with E-state index in [1.54, 1.807) is 0 Å². The van der Waals surface area contributed by atoms with Crippen molar-refractivity contribution in [3.05, 3.63) is 140 Å². The fourth-order valence-corrected chi connectivity index (χ4v) is 6.71. The number of rotatable bonds is 2. The maximum absolute atomic E-state index is 6.87. The minimum Gasteiger partial charge on any atom is -0.454 e. The third kappa shape index (κ3) is 2.82. The number of benzene rings is 7. The molecule has 0 saturated heterocycles. The Hall–Kier alpha value is -5.34. The average molecular weight is 510 g/mol. The molecule has 0 radical (unpaired) electrons. The van der Waals surface area contributed by atoms with E-state index in [9.17, 15) is 0 Å². The van der Waals surface area contributed by atoms with Crippen LogP contribution in [0.4, 0.5) is 0 Å². The smallest absolute Gasteiger partial charge is 0.160 e. The van der Waals surface area contributed by atoms with Gasteiger partial charge in [0.1, 0.15) is 5.76 Å². The second-order valence-electron chi connectivity index (χ2n) is 10.5. The van der Waals surface area contributed by atoms with Crippen LogP contribution >= 0.6 is 0 Å². The van der Waals surface area contributed by atoms with Crippen LogP contribution in [0.25, 0.3) is 82.1 Å². The van der Waals surface area contributed by atoms with Crippen molar-refractivity contribution in [2.75, 3.05) is 0 Å². The summed E-state index contributed by atoms with van der Waals surface area (Å²) in [5.41, 5.74) is 5.44. The quantitative estimate of drug-likeness (QED) is 0.212. The molecule has 0 N–H and O–H groups in total. The molecule has 0 bridgehead atoms. The monoisotopic (exact) mass is 509 g/mol. The van der Waals surface area contributed by atoms with E-state index in [-0.39, 0.29) is 0 Å². The van der Waals surface area contributed by atoms with Crippen LogP contribution in [0.2, 0.25) is 0 Å². The van der Waals surface area contributed by atoms with Crippen LogP contribution in [-0.4, -0.2) is 4.57 Å². The van der Waals surface area contributed by atoms with Gasteiger partial charge >= 0.3 is 0 Å². The maximum Gasteiger partial charge on any atom is 0.160 e. The Morgan fingerprint density at radius 3 is 1.52 bits per heavy atom. The van der Waals surface area contributed by atoms with Gasteiger partial charge in [-0.2, -0.15) is 0 Å². The molecule has 0 spiro atoms.